The van der Waals surface area contributed by atoms with E-state index in [1.807, 2.05) is 0 Å². The normalized spacial score (nSPS) is 18.1. The van der Waals surface area contributed by atoms with E-state index in [1.165, 1.54) is 25.0 Å². The Morgan fingerprint density at radius 3 is 2.71 bits per heavy atom. The molecule has 1 fully saturated rings. The van der Waals surface area contributed by atoms with Gasteiger partial charge in [0.15, 0.2) is 0 Å². The highest BCUT2D eigenvalue weighted by Crippen LogP contribution is 2.39. The Morgan fingerprint density at radius 1 is 1.36 bits per heavy atom. The van der Waals surface area contributed by atoms with Gasteiger partial charge in [-0.15, -0.1) is 0 Å². The molecule has 1 aliphatic carbocycles. The monoisotopic (exact) mass is 193 g/mol. The van der Waals surface area contributed by atoms with Crippen LogP contribution in [-0.4, -0.2) is 10.2 Å². The number of hydrogen-bond donors (Lipinski definition) is 3. The number of aromatic hydroxyl groups is 2. The average Bonchev–Trinajstić information content (AvgIpc) is 2.93. The number of phenols is 2. The lowest BCUT2D eigenvalue weighted by Gasteiger charge is -2.13. The molecule has 14 heavy (non-hydrogen) atoms. The van der Waals surface area contributed by atoms with Crippen LogP contribution in [0, 0.1) is 5.92 Å². The Labute approximate surface area is 83.2 Å². The second kappa shape index (κ2) is 3.50. The second-order valence-electron chi connectivity index (χ2n) is 4.03. The maximum Gasteiger partial charge on any atom is 0.120 e. The van der Waals surface area contributed by atoms with Crippen LogP contribution in [0.25, 0.3) is 0 Å². The molecule has 0 spiro atoms. The molecule has 3 nitrogen and oxygen atoms in total. The molecule has 0 amide bonds. The first-order valence-electron chi connectivity index (χ1n) is 4.94. The zero-order valence-electron chi connectivity index (χ0n) is 7.98. The lowest BCUT2D eigenvalue weighted by Crippen LogP contribution is -2.11. The van der Waals surface area contributed by atoms with Crippen LogP contribution >= 0.6 is 0 Å². The van der Waals surface area contributed by atoms with Crippen molar-refractivity contribution in [2.24, 2.45) is 11.7 Å². The molecule has 3 heteroatoms. The molecule has 1 atom stereocenters. The van der Waals surface area contributed by atoms with E-state index < -0.39 is 0 Å². The van der Waals surface area contributed by atoms with Crippen LogP contribution in [0.5, 0.6) is 11.5 Å². The fourth-order valence-electron chi connectivity index (χ4n) is 1.68. The predicted molar refractivity (Wildman–Crippen MR) is 54.0 cm³/mol. The summed E-state index contributed by atoms with van der Waals surface area (Å²) in [5.41, 5.74) is 6.58. The van der Waals surface area contributed by atoms with Gasteiger partial charge in [0.05, 0.1) is 0 Å². The van der Waals surface area contributed by atoms with Gasteiger partial charge in [-0.3, -0.25) is 0 Å². The molecule has 1 saturated carbocycles. The Hall–Kier alpha value is -1.22. The van der Waals surface area contributed by atoms with Crippen LogP contribution in [-0.2, 0) is 0 Å². The van der Waals surface area contributed by atoms with E-state index in [9.17, 15) is 10.2 Å². The molecule has 0 aliphatic heterocycles. The van der Waals surface area contributed by atoms with Crippen molar-refractivity contribution < 1.29 is 10.2 Å². The third-order valence-corrected chi connectivity index (χ3v) is 2.69. The Morgan fingerprint density at radius 2 is 2.07 bits per heavy atom. The van der Waals surface area contributed by atoms with Crippen molar-refractivity contribution in [2.45, 2.75) is 25.3 Å². The zero-order valence-corrected chi connectivity index (χ0v) is 7.98. The molecule has 4 N–H and O–H groups in total. The van der Waals surface area contributed by atoms with E-state index in [-0.39, 0.29) is 17.5 Å². The minimum Gasteiger partial charge on any atom is -0.508 e. The summed E-state index contributed by atoms with van der Waals surface area (Å²) < 4.78 is 0. The first-order valence-corrected chi connectivity index (χ1v) is 4.94. The fraction of sp³-hybridized carbons (Fsp3) is 0.455. The second-order valence-corrected chi connectivity index (χ2v) is 4.03. The minimum atomic E-state index is -0.158. The molecule has 76 valence electrons. The summed E-state index contributed by atoms with van der Waals surface area (Å²) in [4.78, 5) is 0. The van der Waals surface area contributed by atoms with Gasteiger partial charge in [-0.1, -0.05) is 12.8 Å². The standard InChI is InChI=1S/C11H15NO2/c12-10(5-7-1-2-7)9-6-8(13)3-4-11(9)14/h3-4,6-7,10,13-14H,1-2,5,12H2/t10-/m1/s1. The van der Waals surface area contributed by atoms with Gasteiger partial charge in [0.1, 0.15) is 11.5 Å². The number of benzene rings is 1. The van der Waals surface area contributed by atoms with Crippen molar-refractivity contribution in [3.63, 3.8) is 0 Å². The van der Waals surface area contributed by atoms with Crippen molar-refractivity contribution in [2.75, 3.05) is 0 Å². The van der Waals surface area contributed by atoms with E-state index in [2.05, 4.69) is 0 Å². The van der Waals surface area contributed by atoms with Gasteiger partial charge < -0.3 is 15.9 Å². The summed E-state index contributed by atoms with van der Waals surface area (Å²) in [6.45, 7) is 0. The lowest BCUT2D eigenvalue weighted by atomic mass is 10.0. The van der Waals surface area contributed by atoms with Gasteiger partial charge >= 0.3 is 0 Å². The predicted octanol–water partition coefficient (Wildman–Crippen LogP) is 1.90. The molecule has 1 aromatic carbocycles. The average molecular weight is 193 g/mol. The Bertz CT molecular complexity index is 334. The van der Waals surface area contributed by atoms with Gasteiger partial charge in [0.25, 0.3) is 0 Å². The van der Waals surface area contributed by atoms with Crippen LogP contribution in [0.1, 0.15) is 30.9 Å². The highest BCUT2D eigenvalue weighted by Gasteiger charge is 2.25. The minimum absolute atomic E-state index is 0.157. The lowest BCUT2D eigenvalue weighted by molar-refractivity contribution is 0.443. The molecule has 0 radical (unpaired) electrons. The number of phenolic OH excluding ortho intramolecular Hbond substituents is 2. The van der Waals surface area contributed by atoms with Crippen molar-refractivity contribution in [3.05, 3.63) is 23.8 Å². The molecule has 0 saturated heterocycles. The first-order chi connectivity index (χ1) is 6.66. The molecular formula is C11H15NO2. The Balaban J connectivity index is 2.15. The molecule has 0 unspecified atom stereocenters. The van der Waals surface area contributed by atoms with Crippen molar-refractivity contribution >= 4 is 0 Å². The third kappa shape index (κ3) is 1.99. The largest absolute Gasteiger partial charge is 0.508 e. The van der Waals surface area contributed by atoms with Gasteiger partial charge in [-0.05, 0) is 30.5 Å². The third-order valence-electron chi connectivity index (χ3n) is 2.69. The molecular weight excluding hydrogens is 178 g/mol. The van der Waals surface area contributed by atoms with Gasteiger partial charge in [-0.2, -0.15) is 0 Å². The van der Waals surface area contributed by atoms with Crippen LogP contribution < -0.4 is 5.73 Å². The van der Waals surface area contributed by atoms with Crippen LogP contribution in [0.3, 0.4) is 0 Å². The maximum atomic E-state index is 9.55. The van der Waals surface area contributed by atoms with E-state index in [1.54, 1.807) is 6.07 Å². The van der Waals surface area contributed by atoms with Crippen LogP contribution in [0.2, 0.25) is 0 Å². The summed E-state index contributed by atoms with van der Waals surface area (Å²) in [5, 5.41) is 18.8. The maximum absolute atomic E-state index is 9.55. The van der Waals surface area contributed by atoms with Gasteiger partial charge in [-0.25, -0.2) is 0 Å². The molecule has 0 aromatic heterocycles. The molecule has 0 bridgehead atoms. The van der Waals surface area contributed by atoms with E-state index in [0.29, 0.717) is 11.5 Å². The van der Waals surface area contributed by atoms with Crippen molar-refractivity contribution in [3.8, 4) is 11.5 Å². The van der Waals surface area contributed by atoms with E-state index in [4.69, 9.17) is 5.73 Å². The summed E-state index contributed by atoms with van der Waals surface area (Å²) in [6, 6.07) is 4.33. The number of nitrogens with two attached hydrogens (primary N) is 1. The Kier molecular flexibility index (Phi) is 2.33. The number of hydrogen-bond acceptors (Lipinski definition) is 3. The highest BCUT2D eigenvalue weighted by molar-refractivity contribution is 5.40. The van der Waals surface area contributed by atoms with Gasteiger partial charge in [0.2, 0.25) is 0 Å². The summed E-state index contributed by atoms with van der Waals surface area (Å²) in [6.07, 6.45) is 3.39. The van der Waals surface area contributed by atoms with Crippen LogP contribution in [0.15, 0.2) is 18.2 Å². The first kappa shape index (κ1) is 9.34. The quantitative estimate of drug-likeness (QED) is 0.642. The van der Waals surface area contributed by atoms with Crippen molar-refractivity contribution in [1.29, 1.82) is 0 Å². The zero-order chi connectivity index (χ0) is 10.1. The van der Waals surface area contributed by atoms with Gasteiger partial charge in [0, 0.05) is 11.6 Å². The smallest absolute Gasteiger partial charge is 0.120 e. The number of rotatable bonds is 3. The SMILES string of the molecule is N[C@H](CC1CC1)c1cc(O)ccc1O. The molecule has 0 heterocycles. The molecule has 1 aromatic rings. The fourth-order valence-corrected chi connectivity index (χ4v) is 1.68. The van der Waals surface area contributed by atoms with E-state index >= 15 is 0 Å². The molecule has 2 rings (SSSR count). The highest BCUT2D eigenvalue weighted by atomic mass is 16.3. The summed E-state index contributed by atoms with van der Waals surface area (Å²) >= 11 is 0. The molecule has 1 aliphatic rings. The van der Waals surface area contributed by atoms with Crippen molar-refractivity contribution in [1.82, 2.24) is 0 Å². The van der Waals surface area contributed by atoms with E-state index in [0.717, 1.165) is 6.42 Å². The van der Waals surface area contributed by atoms with Crippen LogP contribution in [0.4, 0.5) is 0 Å². The summed E-state index contributed by atoms with van der Waals surface area (Å²) in [7, 11) is 0. The topological polar surface area (TPSA) is 66.5 Å². The summed E-state index contributed by atoms with van der Waals surface area (Å²) in [5.74, 6) is 1.05.